The normalized spacial score (nSPS) is 19.8. The number of anilines is 1. The number of amides is 2. The lowest BCUT2D eigenvalue weighted by atomic mass is 9.88. The van der Waals surface area contributed by atoms with Gasteiger partial charge in [-0.25, -0.2) is 8.78 Å². The number of benzene rings is 1. The zero-order valence-corrected chi connectivity index (χ0v) is 14.4. The van der Waals surface area contributed by atoms with Crippen LogP contribution in [0.1, 0.15) is 17.2 Å². The number of rotatable bonds is 3. The highest BCUT2D eigenvalue weighted by molar-refractivity contribution is 6.08. The highest BCUT2D eigenvalue weighted by Gasteiger charge is 2.45. The second-order valence-corrected chi connectivity index (χ2v) is 6.37. The van der Waals surface area contributed by atoms with Gasteiger partial charge in [0.05, 0.1) is 5.69 Å². The number of likely N-dealkylation sites (tertiary alicyclic amines) is 1. The second kappa shape index (κ2) is 7.17. The largest absolute Gasteiger partial charge is 0.433 e. The predicted octanol–water partition coefficient (Wildman–Crippen LogP) is 3.19. The molecule has 1 N–H and O–H groups in total. The van der Waals surface area contributed by atoms with E-state index >= 15 is 0 Å². The number of halogens is 5. The van der Waals surface area contributed by atoms with Crippen molar-refractivity contribution in [3.8, 4) is 0 Å². The number of nitrogens with zero attached hydrogens (tertiary/aromatic N) is 2. The first-order valence-electron chi connectivity index (χ1n) is 8.12. The van der Waals surface area contributed by atoms with E-state index < -0.39 is 52.8 Å². The van der Waals surface area contributed by atoms with Gasteiger partial charge in [0.2, 0.25) is 11.8 Å². The molecule has 148 valence electrons. The van der Waals surface area contributed by atoms with E-state index in [1.165, 1.54) is 18.0 Å². The van der Waals surface area contributed by atoms with Crippen molar-refractivity contribution in [3.63, 3.8) is 0 Å². The molecule has 2 heterocycles. The maximum atomic E-state index is 13.8. The molecule has 2 atom stereocenters. The number of alkyl halides is 3. The van der Waals surface area contributed by atoms with Crippen molar-refractivity contribution >= 4 is 17.5 Å². The number of carbonyl (C=O) groups excluding carboxylic acids is 2. The van der Waals surface area contributed by atoms with Gasteiger partial charge in [-0.15, -0.1) is 0 Å². The molecule has 0 radical (unpaired) electrons. The fourth-order valence-electron chi connectivity index (χ4n) is 3.10. The number of pyridine rings is 1. The quantitative estimate of drug-likeness (QED) is 0.637. The molecular formula is C18H14F5N3O2. The molecule has 10 heteroatoms. The van der Waals surface area contributed by atoms with E-state index in [-0.39, 0.29) is 12.1 Å². The number of carbonyl (C=O) groups is 2. The molecule has 5 nitrogen and oxygen atoms in total. The Balaban J connectivity index is 1.88. The van der Waals surface area contributed by atoms with E-state index in [0.29, 0.717) is 0 Å². The van der Waals surface area contributed by atoms with Gasteiger partial charge < -0.3 is 10.2 Å². The minimum absolute atomic E-state index is 0.0651. The first-order chi connectivity index (χ1) is 13.1. The number of hydrogen-bond donors (Lipinski definition) is 1. The maximum absolute atomic E-state index is 13.8. The van der Waals surface area contributed by atoms with E-state index in [1.807, 2.05) is 0 Å². The van der Waals surface area contributed by atoms with Crippen LogP contribution < -0.4 is 5.32 Å². The van der Waals surface area contributed by atoms with Crippen LogP contribution in [0.15, 0.2) is 36.5 Å². The summed E-state index contributed by atoms with van der Waals surface area (Å²) in [5.41, 5.74) is -1.28. The van der Waals surface area contributed by atoms with Gasteiger partial charge in [-0.1, -0.05) is 12.1 Å². The summed E-state index contributed by atoms with van der Waals surface area (Å²) < 4.78 is 65.2. The predicted molar refractivity (Wildman–Crippen MR) is 88.1 cm³/mol. The van der Waals surface area contributed by atoms with Crippen molar-refractivity contribution in [2.75, 3.05) is 18.9 Å². The summed E-state index contributed by atoms with van der Waals surface area (Å²) in [5, 5.41) is 2.18. The molecule has 0 unspecified atom stereocenters. The Morgan fingerprint density at radius 2 is 1.93 bits per heavy atom. The Hall–Kier alpha value is -3.04. The second-order valence-electron chi connectivity index (χ2n) is 6.37. The van der Waals surface area contributed by atoms with E-state index in [9.17, 15) is 31.5 Å². The van der Waals surface area contributed by atoms with E-state index in [0.717, 1.165) is 30.5 Å². The Morgan fingerprint density at radius 1 is 1.21 bits per heavy atom. The molecule has 0 saturated carbocycles. The van der Waals surface area contributed by atoms with Crippen LogP contribution in [-0.2, 0) is 15.8 Å². The van der Waals surface area contributed by atoms with Crippen molar-refractivity contribution in [3.05, 3.63) is 59.4 Å². The first-order valence-corrected chi connectivity index (χ1v) is 8.12. The van der Waals surface area contributed by atoms with Gasteiger partial charge in [-0.05, 0) is 23.8 Å². The van der Waals surface area contributed by atoms with Crippen LogP contribution in [0.3, 0.4) is 0 Å². The van der Waals surface area contributed by atoms with Crippen molar-refractivity contribution in [2.24, 2.45) is 5.92 Å². The molecule has 1 saturated heterocycles. The van der Waals surface area contributed by atoms with Crippen LogP contribution in [0.2, 0.25) is 0 Å². The summed E-state index contributed by atoms with van der Waals surface area (Å²) >= 11 is 0. The van der Waals surface area contributed by atoms with Crippen molar-refractivity contribution in [2.45, 2.75) is 12.1 Å². The SMILES string of the molecule is CN1C[C@H](c2ccc(C(F)(F)F)nc2)[C@@H](C(=O)Nc2cccc(F)c2F)C1=O. The first kappa shape index (κ1) is 19.7. The average Bonchev–Trinajstić information content (AvgIpc) is 2.93. The van der Waals surface area contributed by atoms with Crippen LogP contribution in [0.25, 0.3) is 0 Å². The molecule has 1 aliphatic rings. The average molecular weight is 399 g/mol. The van der Waals surface area contributed by atoms with Crippen LogP contribution in [-0.4, -0.2) is 35.3 Å². The molecule has 3 rings (SSSR count). The van der Waals surface area contributed by atoms with Crippen LogP contribution >= 0.6 is 0 Å². The fraction of sp³-hybridized carbons (Fsp3) is 0.278. The Kier molecular flexibility index (Phi) is 5.05. The maximum Gasteiger partial charge on any atom is 0.433 e. The minimum atomic E-state index is -4.62. The van der Waals surface area contributed by atoms with Gasteiger partial charge in [0, 0.05) is 25.7 Å². The van der Waals surface area contributed by atoms with Crippen molar-refractivity contribution in [1.82, 2.24) is 9.88 Å². The summed E-state index contributed by atoms with van der Waals surface area (Å²) in [6.07, 6.45) is -3.66. The molecule has 0 spiro atoms. The molecule has 1 aromatic carbocycles. The molecule has 2 aromatic rings. The smallest absolute Gasteiger partial charge is 0.344 e. The molecule has 2 amide bonds. The van der Waals surface area contributed by atoms with Gasteiger partial charge >= 0.3 is 6.18 Å². The third-order valence-electron chi connectivity index (χ3n) is 4.51. The molecule has 1 aliphatic heterocycles. The summed E-state index contributed by atoms with van der Waals surface area (Å²) in [6, 6.07) is 5.10. The summed E-state index contributed by atoms with van der Waals surface area (Å²) in [7, 11) is 1.43. The zero-order chi connectivity index (χ0) is 20.6. The summed E-state index contributed by atoms with van der Waals surface area (Å²) in [4.78, 5) is 29.6. The van der Waals surface area contributed by atoms with Gasteiger partial charge in [0.1, 0.15) is 11.6 Å². The number of likely N-dealkylation sites (N-methyl/N-ethyl adjacent to an activating group) is 1. The van der Waals surface area contributed by atoms with Crippen LogP contribution in [0.5, 0.6) is 0 Å². The highest BCUT2D eigenvalue weighted by atomic mass is 19.4. The molecule has 1 aromatic heterocycles. The van der Waals surface area contributed by atoms with E-state index in [2.05, 4.69) is 10.3 Å². The van der Waals surface area contributed by atoms with Crippen LogP contribution in [0.4, 0.5) is 27.6 Å². The van der Waals surface area contributed by atoms with Crippen LogP contribution in [0, 0.1) is 17.6 Å². The molecule has 0 bridgehead atoms. The van der Waals surface area contributed by atoms with E-state index in [4.69, 9.17) is 0 Å². The molecule has 0 aliphatic carbocycles. The van der Waals surface area contributed by atoms with Gasteiger partial charge in [0.25, 0.3) is 0 Å². The monoisotopic (exact) mass is 399 g/mol. The standard InChI is InChI=1S/C18H14F5N3O2/c1-26-8-10(9-5-6-13(24-7-9)18(21,22)23)14(17(26)28)16(27)25-12-4-2-3-11(19)15(12)20/h2-7,10,14H,8H2,1H3,(H,25,27)/t10-,14+/m1/s1. The van der Waals surface area contributed by atoms with Crippen molar-refractivity contribution < 1.29 is 31.5 Å². The van der Waals surface area contributed by atoms with E-state index in [1.54, 1.807) is 0 Å². The Morgan fingerprint density at radius 3 is 2.54 bits per heavy atom. The van der Waals surface area contributed by atoms with Gasteiger partial charge in [-0.2, -0.15) is 13.2 Å². The zero-order valence-electron chi connectivity index (χ0n) is 14.4. The number of nitrogens with one attached hydrogen (secondary N) is 1. The lowest BCUT2D eigenvalue weighted by Crippen LogP contribution is -2.33. The van der Waals surface area contributed by atoms with Gasteiger partial charge in [-0.3, -0.25) is 14.6 Å². The number of hydrogen-bond acceptors (Lipinski definition) is 3. The third-order valence-corrected chi connectivity index (χ3v) is 4.51. The number of aromatic nitrogens is 1. The van der Waals surface area contributed by atoms with Crippen molar-refractivity contribution in [1.29, 1.82) is 0 Å². The fourth-order valence-corrected chi connectivity index (χ4v) is 3.10. The topological polar surface area (TPSA) is 62.3 Å². The Bertz CT molecular complexity index is 914. The lowest BCUT2D eigenvalue weighted by molar-refractivity contribution is -0.141. The summed E-state index contributed by atoms with van der Waals surface area (Å²) in [6.45, 7) is 0.0651. The molecule has 28 heavy (non-hydrogen) atoms. The molecular weight excluding hydrogens is 385 g/mol. The third kappa shape index (κ3) is 3.67. The lowest BCUT2D eigenvalue weighted by Gasteiger charge is -2.17. The summed E-state index contributed by atoms with van der Waals surface area (Å²) in [5.74, 6) is -6.02. The molecule has 1 fully saturated rings. The Labute approximate surface area is 156 Å². The van der Waals surface area contributed by atoms with Gasteiger partial charge in [0.15, 0.2) is 11.6 Å². The highest BCUT2D eigenvalue weighted by Crippen LogP contribution is 2.35. The minimum Gasteiger partial charge on any atom is -0.344 e.